The van der Waals surface area contributed by atoms with Crippen molar-refractivity contribution in [3.63, 3.8) is 0 Å². The molecule has 3 aliphatic rings. The van der Waals surface area contributed by atoms with Gasteiger partial charge in [0.1, 0.15) is 5.82 Å². The van der Waals surface area contributed by atoms with E-state index in [-0.39, 0.29) is 11.3 Å². The first-order valence-corrected chi connectivity index (χ1v) is 15.1. The minimum Gasteiger partial charge on any atom is -0.454 e. The maximum absolute atomic E-state index is 12.5. The normalized spacial score (nSPS) is 17.2. The Morgan fingerprint density at radius 1 is 0.975 bits per heavy atom. The van der Waals surface area contributed by atoms with Gasteiger partial charge in [-0.15, -0.1) is 0 Å². The molecular formula is C31H37N5O3S. The van der Waals surface area contributed by atoms with E-state index in [1.54, 1.807) is 11.8 Å². The second-order valence-electron chi connectivity index (χ2n) is 11.8. The van der Waals surface area contributed by atoms with Gasteiger partial charge in [-0.2, -0.15) is 0 Å². The molecule has 8 nitrogen and oxygen atoms in total. The fraction of sp³-hybridized carbons (Fsp3) is 0.452. The van der Waals surface area contributed by atoms with E-state index in [4.69, 9.17) is 19.4 Å². The van der Waals surface area contributed by atoms with E-state index in [0.717, 1.165) is 79.3 Å². The van der Waals surface area contributed by atoms with Gasteiger partial charge >= 0.3 is 0 Å². The number of amides is 1. The molecule has 1 N–H and O–H groups in total. The second-order valence-corrected chi connectivity index (χ2v) is 12.8. The number of ether oxygens (including phenoxy) is 2. The number of nitrogens with zero attached hydrogens (tertiary/aromatic N) is 4. The van der Waals surface area contributed by atoms with Crippen molar-refractivity contribution >= 4 is 23.5 Å². The number of benzene rings is 2. The predicted octanol–water partition coefficient (Wildman–Crippen LogP) is 5.01. The SMILES string of the molecule is CC(C)(C)c1cc(N2CCN(Cc3ccc4c(c3)OCO4)CC2)nc(SCc2cccc(C(=O)NC3CC3)c2)n1. The third-order valence-electron chi connectivity index (χ3n) is 7.47. The van der Waals surface area contributed by atoms with Gasteiger partial charge in [0.05, 0.1) is 5.69 Å². The van der Waals surface area contributed by atoms with Gasteiger partial charge in [0.15, 0.2) is 16.7 Å². The summed E-state index contributed by atoms with van der Waals surface area (Å²) < 4.78 is 11.0. The monoisotopic (exact) mass is 559 g/mol. The van der Waals surface area contributed by atoms with E-state index in [9.17, 15) is 4.79 Å². The van der Waals surface area contributed by atoms with Gasteiger partial charge in [0.25, 0.3) is 5.91 Å². The van der Waals surface area contributed by atoms with Crippen LogP contribution in [0, 0.1) is 0 Å². The Bertz CT molecular complexity index is 1380. The Morgan fingerprint density at radius 2 is 1.77 bits per heavy atom. The largest absolute Gasteiger partial charge is 0.454 e. The lowest BCUT2D eigenvalue weighted by Crippen LogP contribution is -2.46. The molecule has 2 aromatic carbocycles. The number of nitrogens with one attached hydrogen (secondary N) is 1. The van der Waals surface area contributed by atoms with Crippen molar-refractivity contribution in [1.82, 2.24) is 20.2 Å². The summed E-state index contributed by atoms with van der Waals surface area (Å²) in [6, 6.07) is 16.6. The number of carbonyl (C=O) groups is 1. The van der Waals surface area contributed by atoms with E-state index in [1.807, 2.05) is 24.3 Å². The highest BCUT2D eigenvalue weighted by atomic mass is 32.2. The number of thioether (sulfide) groups is 1. The van der Waals surface area contributed by atoms with E-state index in [2.05, 4.69) is 60.2 Å². The van der Waals surface area contributed by atoms with Crippen molar-refractivity contribution in [3.8, 4) is 11.5 Å². The third-order valence-corrected chi connectivity index (χ3v) is 8.39. The van der Waals surface area contributed by atoms with Crippen LogP contribution in [-0.4, -0.2) is 59.8 Å². The molecule has 40 heavy (non-hydrogen) atoms. The lowest BCUT2D eigenvalue weighted by molar-refractivity contribution is 0.0951. The van der Waals surface area contributed by atoms with Crippen molar-refractivity contribution in [2.45, 2.75) is 62.5 Å². The van der Waals surface area contributed by atoms with Gasteiger partial charge in [-0.25, -0.2) is 9.97 Å². The summed E-state index contributed by atoms with van der Waals surface area (Å²) in [4.78, 5) is 27.3. The topological polar surface area (TPSA) is 79.8 Å². The number of rotatable bonds is 8. The maximum Gasteiger partial charge on any atom is 0.251 e. The van der Waals surface area contributed by atoms with Crippen molar-refractivity contribution in [3.05, 3.63) is 70.9 Å². The molecule has 0 atom stereocenters. The molecule has 0 bridgehead atoms. The summed E-state index contributed by atoms with van der Waals surface area (Å²) in [5, 5.41) is 3.85. The van der Waals surface area contributed by atoms with Gasteiger partial charge in [0, 0.05) is 61.6 Å². The number of fused-ring (bicyclic) bond motifs is 1. The number of aromatic nitrogens is 2. The van der Waals surface area contributed by atoms with Gasteiger partial charge < -0.3 is 19.7 Å². The maximum atomic E-state index is 12.5. The lowest BCUT2D eigenvalue weighted by atomic mass is 9.92. The van der Waals surface area contributed by atoms with Crippen molar-refractivity contribution in [1.29, 1.82) is 0 Å². The molecule has 1 saturated heterocycles. The quantitative estimate of drug-likeness (QED) is 0.305. The van der Waals surface area contributed by atoms with Crippen LogP contribution in [0.15, 0.2) is 53.7 Å². The molecule has 2 aliphatic heterocycles. The molecular weight excluding hydrogens is 522 g/mol. The first-order chi connectivity index (χ1) is 19.3. The van der Waals surface area contributed by atoms with Crippen molar-refractivity contribution in [2.24, 2.45) is 0 Å². The zero-order valence-corrected chi connectivity index (χ0v) is 24.3. The Balaban J connectivity index is 1.11. The number of anilines is 1. The number of hydrogen-bond donors (Lipinski definition) is 1. The van der Waals surface area contributed by atoms with Crippen LogP contribution in [0.5, 0.6) is 11.5 Å². The first-order valence-electron chi connectivity index (χ1n) is 14.1. The number of piperazine rings is 1. The van der Waals surface area contributed by atoms with E-state index in [1.165, 1.54) is 5.56 Å². The summed E-state index contributed by atoms with van der Waals surface area (Å²) in [6.45, 7) is 11.5. The highest BCUT2D eigenvalue weighted by Gasteiger charge is 2.25. The molecule has 2 fully saturated rings. The molecule has 6 rings (SSSR count). The molecule has 210 valence electrons. The third kappa shape index (κ3) is 6.53. The lowest BCUT2D eigenvalue weighted by Gasteiger charge is -2.36. The van der Waals surface area contributed by atoms with Crippen LogP contribution in [0.4, 0.5) is 5.82 Å². The Labute approximate surface area is 240 Å². The zero-order chi connectivity index (χ0) is 27.7. The second kappa shape index (κ2) is 11.3. The fourth-order valence-electron chi connectivity index (χ4n) is 4.90. The molecule has 9 heteroatoms. The molecule has 0 radical (unpaired) electrons. The van der Waals surface area contributed by atoms with E-state index >= 15 is 0 Å². The van der Waals surface area contributed by atoms with Crippen LogP contribution in [0.2, 0.25) is 0 Å². The Morgan fingerprint density at radius 3 is 2.55 bits per heavy atom. The Kier molecular flexibility index (Phi) is 7.59. The van der Waals surface area contributed by atoms with Crippen LogP contribution >= 0.6 is 11.8 Å². The van der Waals surface area contributed by atoms with Gasteiger partial charge in [-0.3, -0.25) is 9.69 Å². The summed E-state index contributed by atoms with van der Waals surface area (Å²) in [5.74, 6) is 3.38. The molecule has 3 aromatic rings. The molecule has 1 aromatic heterocycles. The van der Waals surface area contributed by atoms with Crippen LogP contribution in [0.3, 0.4) is 0 Å². The average Bonchev–Trinajstić information content (AvgIpc) is 3.64. The molecule has 0 spiro atoms. The molecule has 3 heterocycles. The molecule has 1 amide bonds. The highest BCUT2D eigenvalue weighted by molar-refractivity contribution is 7.98. The minimum absolute atomic E-state index is 0.0142. The average molecular weight is 560 g/mol. The Hall–Kier alpha value is -3.30. The van der Waals surface area contributed by atoms with E-state index in [0.29, 0.717) is 24.2 Å². The molecule has 1 saturated carbocycles. The van der Waals surface area contributed by atoms with Crippen LogP contribution < -0.4 is 19.7 Å². The fourth-order valence-corrected chi connectivity index (χ4v) is 5.70. The van der Waals surface area contributed by atoms with Gasteiger partial charge in [-0.1, -0.05) is 50.7 Å². The zero-order valence-electron chi connectivity index (χ0n) is 23.5. The molecule has 1 aliphatic carbocycles. The van der Waals surface area contributed by atoms with Crippen LogP contribution in [0.25, 0.3) is 0 Å². The first kappa shape index (κ1) is 26.9. The molecule has 0 unspecified atom stereocenters. The van der Waals surface area contributed by atoms with Crippen LogP contribution in [-0.2, 0) is 17.7 Å². The van der Waals surface area contributed by atoms with Gasteiger partial charge in [-0.05, 0) is 48.2 Å². The predicted molar refractivity (Wildman–Crippen MR) is 157 cm³/mol. The summed E-state index contributed by atoms with van der Waals surface area (Å²) in [7, 11) is 0. The van der Waals surface area contributed by atoms with Gasteiger partial charge in [0.2, 0.25) is 6.79 Å². The van der Waals surface area contributed by atoms with Crippen LogP contribution in [0.1, 0.15) is 60.8 Å². The highest BCUT2D eigenvalue weighted by Crippen LogP contribution is 2.33. The standard InChI is InChI=1S/C31H37N5O3S/c1-31(2,3)27-17-28(36-13-11-35(12-14-36)18-21-7-10-25-26(16-21)39-20-38-25)34-30(33-27)40-19-22-5-4-6-23(15-22)29(37)32-24-8-9-24/h4-7,10,15-17,24H,8-9,11-14,18-20H2,1-3H3,(H,32,37). The summed E-state index contributed by atoms with van der Waals surface area (Å²) >= 11 is 1.63. The smallest absolute Gasteiger partial charge is 0.251 e. The number of carbonyl (C=O) groups excluding carboxylic acids is 1. The minimum atomic E-state index is -0.0883. The summed E-state index contributed by atoms with van der Waals surface area (Å²) in [6.07, 6.45) is 2.17. The number of hydrogen-bond acceptors (Lipinski definition) is 8. The summed E-state index contributed by atoms with van der Waals surface area (Å²) in [5.41, 5.74) is 4.00. The van der Waals surface area contributed by atoms with E-state index < -0.39 is 0 Å². The van der Waals surface area contributed by atoms with Crippen molar-refractivity contribution in [2.75, 3.05) is 37.9 Å². The van der Waals surface area contributed by atoms with Crippen molar-refractivity contribution < 1.29 is 14.3 Å².